The van der Waals surface area contributed by atoms with Crippen molar-refractivity contribution >= 4 is 11.9 Å². The summed E-state index contributed by atoms with van der Waals surface area (Å²) in [5.74, 6) is 1.48. The van der Waals surface area contributed by atoms with Gasteiger partial charge < -0.3 is 14.2 Å². The monoisotopic (exact) mass is 414 g/mol. The second kappa shape index (κ2) is 8.68. The van der Waals surface area contributed by atoms with Gasteiger partial charge in [0.05, 0.1) is 5.56 Å². The van der Waals surface area contributed by atoms with Crippen molar-refractivity contribution in [1.29, 1.82) is 0 Å². The fourth-order valence-electron chi connectivity index (χ4n) is 3.53. The molecule has 158 valence electrons. The van der Waals surface area contributed by atoms with Crippen LogP contribution < -0.4 is 14.2 Å². The highest BCUT2D eigenvalue weighted by Gasteiger charge is 2.29. The molecule has 0 aliphatic carbocycles. The summed E-state index contributed by atoms with van der Waals surface area (Å²) in [6.45, 7) is 6.19. The fraction of sp³-hybridized carbons (Fsp3) is 0.222. The van der Waals surface area contributed by atoms with E-state index in [4.69, 9.17) is 14.2 Å². The highest BCUT2D eigenvalue weighted by atomic mass is 16.5. The van der Waals surface area contributed by atoms with Crippen molar-refractivity contribution in [1.82, 2.24) is 0 Å². The van der Waals surface area contributed by atoms with Crippen LogP contribution in [0, 0.1) is 0 Å². The molecule has 4 heteroatoms. The molecule has 0 atom stereocenters. The zero-order chi connectivity index (χ0) is 21.8. The second-order valence-electron chi connectivity index (χ2n) is 8.13. The third kappa shape index (κ3) is 4.80. The lowest BCUT2D eigenvalue weighted by atomic mass is 9.97. The van der Waals surface area contributed by atoms with Gasteiger partial charge in [-0.1, -0.05) is 60.7 Å². The number of carbonyl (C=O) groups excluding carboxylic acids is 1. The first-order chi connectivity index (χ1) is 14.9. The molecule has 4 nitrogen and oxygen atoms in total. The number of hydrogen-bond donors (Lipinski definition) is 0. The average Bonchev–Trinajstić information content (AvgIpc) is 2.76. The van der Waals surface area contributed by atoms with Crippen molar-refractivity contribution in [3.63, 3.8) is 0 Å². The summed E-state index contributed by atoms with van der Waals surface area (Å²) in [4.78, 5) is 12.7. The minimum Gasteiger partial charge on any atom is -0.488 e. The molecule has 0 aromatic heterocycles. The largest absolute Gasteiger partial charge is 0.488 e. The molecule has 4 rings (SSSR count). The number of rotatable bonds is 7. The maximum Gasteiger partial charge on any atom is 0.167 e. The lowest BCUT2D eigenvalue weighted by Crippen LogP contribution is -2.28. The van der Waals surface area contributed by atoms with Crippen LogP contribution in [0.3, 0.4) is 0 Å². The highest BCUT2D eigenvalue weighted by molar-refractivity contribution is 6.01. The number of ether oxygens (including phenoxy) is 3. The van der Waals surface area contributed by atoms with E-state index in [9.17, 15) is 4.79 Å². The molecule has 0 unspecified atom stereocenters. The molecule has 0 fully saturated rings. The Kier molecular flexibility index (Phi) is 5.81. The molecule has 0 saturated carbocycles. The van der Waals surface area contributed by atoms with Gasteiger partial charge in [-0.05, 0) is 44.1 Å². The maximum absolute atomic E-state index is 12.7. The van der Waals surface area contributed by atoms with Crippen LogP contribution in [-0.4, -0.2) is 11.4 Å². The Morgan fingerprint density at radius 3 is 2.06 bits per heavy atom. The quantitative estimate of drug-likeness (QED) is 0.430. The first kappa shape index (κ1) is 20.7. The maximum atomic E-state index is 12.7. The Hall–Kier alpha value is -3.53. The minimum atomic E-state index is -0.460. The molecule has 3 aromatic rings. The zero-order valence-corrected chi connectivity index (χ0v) is 18.1. The van der Waals surface area contributed by atoms with E-state index in [0.717, 1.165) is 16.7 Å². The van der Waals surface area contributed by atoms with Crippen molar-refractivity contribution in [2.45, 2.75) is 39.6 Å². The third-order valence-electron chi connectivity index (χ3n) is 5.09. The third-order valence-corrected chi connectivity index (χ3v) is 5.09. The predicted octanol–water partition coefficient (Wildman–Crippen LogP) is 6.23. The van der Waals surface area contributed by atoms with Crippen molar-refractivity contribution in [3.8, 4) is 17.2 Å². The first-order valence-corrected chi connectivity index (χ1v) is 10.4. The van der Waals surface area contributed by atoms with Gasteiger partial charge in [0.1, 0.15) is 41.6 Å². The van der Waals surface area contributed by atoms with E-state index in [1.54, 1.807) is 6.07 Å². The SMILES string of the molecule is CC(=O)c1c(OCc2ccccc2)cc2c(c1OCc1ccccc1)C=CC(C)(C)O2. The van der Waals surface area contributed by atoms with E-state index < -0.39 is 5.60 Å². The molecule has 0 radical (unpaired) electrons. The van der Waals surface area contributed by atoms with Gasteiger partial charge >= 0.3 is 0 Å². The average molecular weight is 415 g/mol. The smallest absolute Gasteiger partial charge is 0.167 e. The van der Waals surface area contributed by atoms with Crippen LogP contribution in [0.4, 0.5) is 0 Å². The number of Topliss-reactive ketones (excluding diaryl/α,β-unsaturated/α-hetero) is 1. The van der Waals surface area contributed by atoms with Crippen LogP contribution >= 0.6 is 0 Å². The lowest BCUT2D eigenvalue weighted by Gasteiger charge is -2.30. The highest BCUT2D eigenvalue weighted by Crippen LogP contribution is 2.44. The Morgan fingerprint density at radius 1 is 0.903 bits per heavy atom. The molecule has 0 saturated heterocycles. The Balaban J connectivity index is 1.75. The van der Waals surface area contributed by atoms with E-state index in [-0.39, 0.29) is 5.78 Å². The summed E-state index contributed by atoms with van der Waals surface area (Å²) in [6, 6.07) is 21.5. The van der Waals surface area contributed by atoms with Crippen molar-refractivity contribution in [2.24, 2.45) is 0 Å². The van der Waals surface area contributed by atoms with Crippen LogP contribution in [0.1, 0.15) is 47.8 Å². The van der Waals surface area contributed by atoms with Gasteiger partial charge in [0.25, 0.3) is 0 Å². The lowest BCUT2D eigenvalue weighted by molar-refractivity contribution is 0.100. The number of fused-ring (bicyclic) bond motifs is 1. The molecule has 0 bridgehead atoms. The molecule has 0 spiro atoms. The second-order valence-corrected chi connectivity index (χ2v) is 8.13. The van der Waals surface area contributed by atoms with Crippen LogP contribution in [-0.2, 0) is 13.2 Å². The molecular formula is C27H26O4. The van der Waals surface area contributed by atoms with E-state index in [2.05, 4.69) is 0 Å². The van der Waals surface area contributed by atoms with Crippen LogP contribution in [0.5, 0.6) is 17.2 Å². The Labute approximate surface area is 183 Å². The molecular weight excluding hydrogens is 388 g/mol. The van der Waals surface area contributed by atoms with Gasteiger partial charge in [-0.2, -0.15) is 0 Å². The summed E-state index contributed by atoms with van der Waals surface area (Å²) < 4.78 is 18.5. The van der Waals surface area contributed by atoms with E-state index in [0.29, 0.717) is 36.0 Å². The van der Waals surface area contributed by atoms with Gasteiger partial charge in [0.2, 0.25) is 0 Å². The van der Waals surface area contributed by atoms with Gasteiger partial charge in [0.15, 0.2) is 5.78 Å². The van der Waals surface area contributed by atoms with Gasteiger partial charge in [-0.25, -0.2) is 0 Å². The minimum absolute atomic E-state index is 0.118. The molecule has 1 heterocycles. The van der Waals surface area contributed by atoms with Gasteiger partial charge in [-0.15, -0.1) is 0 Å². The van der Waals surface area contributed by atoms with Crippen LogP contribution in [0.2, 0.25) is 0 Å². The standard InChI is InChI=1S/C27H26O4/c1-19(28)25-24(29-17-20-10-6-4-7-11-20)16-23-22(14-15-27(2,3)31-23)26(25)30-18-21-12-8-5-9-13-21/h4-16H,17-18H2,1-3H3. The van der Waals surface area contributed by atoms with Crippen molar-refractivity contribution in [2.75, 3.05) is 0 Å². The topological polar surface area (TPSA) is 44.8 Å². The Morgan fingerprint density at radius 2 is 1.48 bits per heavy atom. The van der Waals surface area contributed by atoms with Crippen LogP contribution in [0.15, 0.2) is 72.8 Å². The van der Waals surface area contributed by atoms with E-state index in [1.165, 1.54) is 6.92 Å². The van der Waals surface area contributed by atoms with Gasteiger partial charge in [0, 0.05) is 6.07 Å². The predicted molar refractivity (Wildman–Crippen MR) is 122 cm³/mol. The summed E-state index contributed by atoms with van der Waals surface area (Å²) in [7, 11) is 0. The van der Waals surface area contributed by atoms with Crippen molar-refractivity contribution < 1.29 is 19.0 Å². The first-order valence-electron chi connectivity index (χ1n) is 10.4. The molecule has 31 heavy (non-hydrogen) atoms. The molecule has 1 aliphatic heterocycles. The molecule has 0 amide bonds. The van der Waals surface area contributed by atoms with Crippen LogP contribution in [0.25, 0.3) is 6.08 Å². The number of hydrogen-bond acceptors (Lipinski definition) is 4. The Bertz CT molecular complexity index is 1100. The molecule has 0 N–H and O–H groups in total. The van der Waals surface area contributed by atoms with E-state index in [1.807, 2.05) is 86.7 Å². The van der Waals surface area contributed by atoms with E-state index >= 15 is 0 Å². The fourth-order valence-corrected chi connectivity index (χ4v) is 3.53. The van der Waals surface area contributed by atoms with Gasteiger partial charge in [-0.3, -0.25) is 4.79 Å². The summed E-state index contributed by atoms with van der Waals surface area (Å²) in [5, 5.41) is 0. The molecule has 1 aliphatic rings. The summed E-state index contributed by atoms with van der Waals surface area (Å²) in [6.07, 6.45) is 3.94. The number of carbonyl (C=O) groups is 1. The summed E-state index contributed by atoms with van der Waals surface area (Å²) >= 11 is 0. The zero-order valence-electron chi connectivity index (χ0n) is 18.1. The number of benzene rings is 3. The normalized spacial score (nSPS) is 13.8. The molecule has 3 aromatic carbocycles. The van der Waals surface area contributed by atoms with Crippen molar-refractivity contribution in [3.05, 3.63) is 95.1 Å². The summed E-state index contributed by atoms with van der Waals surface area (Å²) in [5.41, 5.74) is 2.76. The number of ketones is 1.